The quantitative estimate of drug-likeness (QED) is 0.677. The number of nitrogens with one attached hydrogen (secondary N) is 3. The molecule has 1 aliphatic rings. The molecular formula is C11H21N5O2S. The van der Waals surface area contributed by atoms with E-state index in [-0.39, 0.29) is 12.6 Å². The Morgan fingerprint density at radius 1 is 1.53 bits per heavy atom. The van der Waals surface area contributed by atoms with Crippen LogP contribution in [0.2, 0.25) is 0 Å². The lowest BCUT2D eigenvalue weighted by Gasteiger charge is -2.34. The second kappa shape index (κ2) is 6.47. The molecule has 8 heteroatoms. The van der Waals surface area contributed by atoms with Crippen LogP contribution in [-0.4, -0.2) is 49.1 Å². The standard InChI is InChI=1S/C11H21N5O2S/c1-12-9-11-4-2-3-5-16(11)19(17,18)15-8-10-6-13-14-7-10/h6-7,11-12,15H,2-5,8-9H2,1H3,(H,13,14). The molecule has 3 N–H and O–H groups in total. The molecule has 0 bridgehead atoms. The average molecular weight is 287 g/mol. The molecular weight excluding hydrogens is 266 g/mol. The van der Waals surface area contributed by atoms with Gasteiger partial charge in [-0.3, -0.25) is 5.10 Å². The molecule has 108 valence electrons. The Hall–Kier alpha value is -0.960. The molecule has 1 fully saturated rings. The SMILES string of the molecule is CNCC1CCCCN1S(=O)(=O)NCc1cn[nH]c1. The molecule has 1 unspecified atom stereocenters. The van der Waals surface area contributed by atoms with Crippen molar-refractivity contribution < 1.29 is 8.42 Å². The van der Waals surface area contributed by atoms with Crippen molar-refractivity contribution in [2.24, 2.45) is 0 Å². The van der Waals surface area contributed by atoms with Crippen molar-refractivity contribution in [1.82, 2.24) is 24.5 Å². The number of hydrogen-bond donors (Lipinski definition) is 3. The fraction of sp³-hybridized carbons (Fsp3) is 0.727. The molecule has 7 nitrogen and oxygen atoms in total. The number of aromatic nitrogens is 2. The Bertz CT molecular complexity index is 471. The highest BCUT2D eigenvalue weighted by atomic mass is 32.2. The molecule has 1 aromatic rings. The van der Waals surface area contributed by atoms with E-state index in [1.165, 1.54) is 0 Å². The Labute approximate surface area is 113 Å². The van der Waals surface area contributed by atoms with E-state index in [4.69, 9.17) is 0 Å². The lowest BCUT2D eigenvalue weighted by atomic mass is 10.1. The number of piperidine rings is 1. The van der Waals surface area contributed by atoms with Crippen molar-refractivity contribution in [3.63, 3.8) is 0 Å². The van der Waals surface area contributed by atoms with E-state index in [1.54, 1.807) is 16.7 Å². The highest BCUT2D eigenvalue weighted by Crippen LogP contribution is 2.19. The zero-order valence-corrected chi connectivity index (χ0v) is 11.9. The fourth-order valence-corrected chi connectivity index (χ4v) is 3.82. The van der Waals surface area contributed by atoms with Crippen molar-refractivity contribution in [1.29, 1.82) is 0 Å². The summed E-state index contributed by atoms with van der Waals surface area (Å²) < 4.78 is 28.9. The van der Waals surface area contributed by atoms with Gasteiger partial charge in [0.2, 0.25) is 0 Å². The monoisotopic (exact) mass is 287 g/mol. The minimum absolute atomic E-state index is 0.0422. The zero-order valence-electron chi connectivity index (χ0n) is 11.1. The van der Waals surface area contributed by atoms with Crippen LogP contribution < -0.4 is 10.0 Å². The first kappa shape index (κ1) is 14.4. The Kier molecular flexibility index (Phi) is 4.92. The number of aromatic amines is 1. The summed E-state index contributed by atoms with van der Waals surface area (Å²) in [6.07, 6.45) is 6.22. The Balaban J connectivity index is 2.00. The van der Waals surface area contributed by atoms with Gasteiger partial charge in [0.05, 0.1) is 6.20 Å². The molecule has 0 amide bonds. The topological polar surface area (TPSA) is 90.1 Å². The second-order valence-corrected chi connectivity index (χ2v) is 6.46. The fourth-order valence-electron chi connectivity index (χ4n) is 2.36. The van der Waals surface area contributed by atoms with Crippen molar-refractivity contribution >= 4 is 10.2 Å². The van der Waals surface area contributed by atoms with E-state index in [9.17, 15) is 8.42 Å². The third kappa shape index (κ3) is 3.75. The van der Waals surface area contributed by atoms with Gasteiger partial charge in [0.1, 0.15) is 0 Å². The van der Waals surface area contributed by atoms with Gasteiger partial charge in [0, 0.05) is 37.4 Å². The van der Waals surface area contributed by atoms with Crippen LogP contribution in [-0.2, 0) is 16.8 Å². The molecule has 0 radical (unpaired) electrons. The van der Waals surface area contributed by atoms with Crippen LogP contribution in [0.5, 0.6) is 0 Å². The number of H-pyrrole nitrogens is 1. The maximum atomic E-state index is 12.3. The van der Waals surface area contributed by atoms with Crippen LogP contribution in [0.3, 0.4) is 0 Å². The third-order valence-corrected chi connectivity index (χ3v) is 4.94. The normalized spacial score (nSPS) is 21.6. The number of hydrogen-bond acceptors (Lipinski definition) is 4. The predicted molar refractivity (Wildman–Crippen MR) is 72.6 cm³/mol. The lowest BCUT2D eigenvalue weighted by Crippen LogP contribution is -2.51. The van der Waals surface area contributed by atoms with Crippen LogP contribution in [0.25, 0.3) is 0 Å². The maximum absolute atomic E-state index is 12.3. The van der Waals surface area contributed by atoms with Gasteiger partial charge in [0.15, 0.2) is 0 Å². The molecule has 0 spiro atoms. The van der Waals surface area contributed by atoms with Gasteiger partial charge in [0.25, 0.3) is 10.2 Å². The molecule has 0 aromatic carbocycles. The minimum Gasteiger partial charge on any atom is -0.318 e. The van der Waals surface area contributed by atoms with E-state index < -0.39 is 10.2 Å². The van der Waals surface area contributed by atoms with Crippen molar-refractivity contribution in [3.05, 3.63) is 18.0 Å². The van der Waals surface area contributed by atoms with Crippen LogP contribution in [0.1, 0.15) is 24.8 Å². The number of nitrogens with zero attached hydrogens (tertiary/aromatic N) is 2. The summed E-state index contributed by atoms with van der Waals surface area (Å²) in [4.78, 5) is 0. The Morgan fingerprint density at radius 2 is 2.37 bits per heavy atom. The van der Waals surface area contributed by atoms with Gasteiger partial charge in [-0.25, -0.2) is 0 Å². The van der Waals surface area contributed by atoms with Crippen LogP contribution >= 0.6 is 0 Å². The molecule has 19 heavy (non-hydrogen) atoms. The van der Waals surface area contributed by atoms with Crippen molar-refractivity contribution in [2.75, 3.05) is 20.1 Å². The molecule has 1 saturated heterocycles. The lowest BCUT2D eigenvalue weighted by molar-refractivity contribution is 0.246. The maximum Gasteiger partial charge on any atom is 0.280 e. The van der Waals surface area contributed by atoms with E-state index in [2.05, 4.69) is 20.2 Å². The smallest absolute Gasteiger partial charge is 0.280 e. The summed E-state index contributed by atoms with van der Waals surface area (Å²) in [7, 11) is -1.58. The van der Waals surface area contributed by atoms with Crippen molar-refractivity contribution in [3.8, 4) is 0 Å². The second-order valence-electron chi connectivity index (χ2n) is 4.75. The molecule has 1 atom stereocenters. The molecule has 0 saturated carbocycles. The highest BCUT2D eigenvalue weighted by Gasteiger charge is 2.31. The average Bonchev–Trinajstić information content (AvgIpc) is 2.91. The molecule has 0 aliphatic carbocycles. The van der Waals surface area contributed by atoms with Gasteiger partial charge in [-0.2, -0.15) is 22.5 Å². The van der Waals surface area contributed by atoms with Crippen molar-refractivity contribution in [2.45, 2.75) is 31.8 Å². The third-order valence-electron chi connectivity index (χ3n) is 3.34. The first-order valence-corrected chi connectivity index (χ1v) is 7.96. The molecule has 2 heterocycles. The summed E-state index contributed by atoms with van der Waals surface area (Å²) in [6, 6.07) is 0.0422. The van der Waals surface area contributed by atoms with Crippen LogP contribution in [0, 0.1) is 0 Å². The molecule has 1 aliphatic heterocycles. The van der Waals surface area contributed by atoms with Gasteiger partial charge >= 0.3 is 0 Å². The van der Waals surface area contributed by atoms with Gasteiger partial charge in [-0.1, -0.05) is 6.42 Å². The number of likely N-dealkylation sites (N-methyl/N-ethyl adjacent to an activating group) is 1. The first-order chi connectivity index (χ1) is 9.13. The summed E-state index contributed by atoms with van der Waals surface area (Å²) in [5, 5.41) is 9.52. The zero-order chi connectivity index (χ0) is 13.7. The summed E-state index contributed by atoms with van der Waals surface area (Å²) in [5.74, 6) is 0. The first-order valence-electron chi connectivity index (χ1n) is 6.52. The van der Waals surface area contributed by atoms with E-state index in [1.807, 2.05) is 7.05 Å². The largest absolute Gasteiger partial charge is 0.318 e. The van der Waals surface area contributed by atoms with Gasteiger partial charge < -0.3 is 5.32 Å². The Morgan fingerprint density at radius 3 is 3.05 bits per heavy atom. The summed E-state index contributed by atoms with van der Waals surface area (Å²) >= 11 is 0. The van der Waals surface area contributed by atoms with Crippen LogP contribution in [0.15, 0.2) is 12.4 Å². The van der Waals surface area contributed by atoms with Gasteiger partial charge in [-0.05, 0) is 19.9 Å². The van der Waals surface area contributed by atoms with Gasteiger partial charge in [-0.15, -0.1) is 0 Å². The predicted octanol–water partition coefficient (Wildman–Crippen LogP) is -0.182. The van der Waals surface area contributed by atoms with Crippen LogP contribution in [0.4, 0.5) is 0 Å². The summed E-state index contributed by atoms with van der Waals surface area (Å²) in [5.41, 5.74) is 0.825. The summed E-state index contributed by atoms with van der Waals surface area (Å²) in [6.45, 7) is 1.54. The number of rotatable bonds is 6. The van der Waals surface area contributed by atoms with E-state index in [0.717, 1.165) is 24.8 Å². The molecule has 1 aromatic heterocycles. The van der Waals surface area contributed by atoms with E-state index in [0.29, 0.717) is 13.1 Å². The van der Waals surface area contributed by atoms with E-state index >= 15 is 0 Å². The minimum atomic E-state index is -3.43. The molecule has 2 rings (SSSR count). The highest BCUT2D eigenvalue weighted by molar-refractivity contribution is 7.87.